The molecular weight excluding hydrogens is 444 g/mol. The summed E-state index contributed by atoms with van der Waals surface area (Å²) in [4.78, 5) is 25.1. The molecule has 1 aromatic carbocycles. The lowest BCUT2D eigenvalue weighted by atomic mass is 9.89. The maximum Gasteiger partial charge on any atom is 0.344 e. The highest BCUT2D eigenvalue weighted by Gasteiger charge is 2.24. The van der Waals surface area contributed by atoms with Gasteiger partial charge in [0.2, 0.25) is 0 Å². The summed E-state index contributed by atoms with van der Waals surface area (Å²) in [6, 6.07) is 9.26. The number of thiophene rings is 1. The molecule has 1 aromatic heterocycles. The van der Waals surface area contributed by atoms with Crippen molar-refractivity contribution in [1.29, 1.82) is 5.26 Å². The van der Waals surface area contributed by atoms with Crippen molar-refractivity contribution in [1.82, 2.24) is 0 Å². The Labute approximate surface area is 175 Å². The van der Waals surface area contributed by atoms with Crippen LogP contribution in [0.1, 0.15) is 29.3 Å². The summed E-state index contributed by atoms with van der Waals surface area (Å²) >= 11 is 4.75. The van der Waals surface area contributed by atoms with Crippen molar-refractivity contribution in [2.24, 2.45) is 5.92 Å². The SMILES string of the molecule is CC1CCc2c(sc(NC(=O)COC(=O)COc3cccc(Br)c3)c2C#N)C1. The van der Waals surface area contributed by atoms with E-state index in [4.69, 9.17) is 9.47 Å². The molecule has 0 saturated heterocycles. The first-order valence-electron chi connectivity index (χ1n) is 8.84. The largest absolute Gasteiger partial charge is 0.482 e. The minimum Gasteiger partial charge on any atom is -0.482 e. The van der Waals surface area contributed by atoms with Crippen molar-refractivity contribution in [2.75, 3.05) is 18.5 Å². The zero-order valence-corrected chi connectivity index (χ0v) is 17.7. The topological polar surface area (TPSA) is 88.4 Å². The Bertz CT molecular complexity index is 935. The van der Waals surface area contributed by atoms with Crippen LogP contribution in [0.5, 0.6) is 5.75 Å². The van der Waals surface area contributed by atoms with Crippen molar-refractivity contribution >= 4 is 44.1 Å². The number of amides is 1. The number of nitrogens with one attached hydrogen (secondary N) is 1. The lowest BCUT2D eigenvalue weighted by Gasteiger charge is -2.17. The molecule has 1 atom stereocenters. The molecule has 6 nitrogen and oxygen atoms in total. The summed E-state index contributed by atoms with van der Waals surface area (Å²) in [6.45, 7) is 1.46. The van der Waals surface area contributed by atoms with E-state index in [0.29, 0.717) is 22.2 Å². The number of anilines is 1. The first-order chi connectivity index (χ1) is 13.5. The third-order valence-corrected chi connectivity index (χ3v) is 6.06. The van der Waals surface area contributed by atoms with Gasteiger partial charge in [0.1, 0.15) is 16.8 Å². The van der Waals surface area contributed by atoms with Gasteiger partial charge in [0.15, 0.2) is 13.2 Å². The number of fused-ring (bicyclic) bond motifs is 1. The van der Waals surface area contributed by atoms with E-state index < -0.39 is 18.5 Å². The second kappa shape index (κ2) is 9.22. The summed E-state index contributed by atoms with van der Waals surface area (Å²) in [7, 11) is 0. The summed E-state index contributed by atoms with van der Waals surface area (Å²) in [5.41, 5.74) is 1.57. The molecule has 3 rings (SSSR count). The van der Waals surface area contributed by atoms with Crippen molar-refractivity contribution in [2.45, 2.75) is 26.2 Å². The van der Waals surface area contributed by atoms with Crippen LogP contribution >= 0.6 is 27.3 Å². The quantitative estimate of drug-likeness (QED) is 0.653. The van der Waals surface area contributed by atoms with E-state index in [1.165, 1.54) is 11.3 Å². The van der Waals surface area contributed by atoms with Crippen LogP contribution in [0.25, 0.3) is 0 Å². The summed E-state index contributed by atoms with van der Waals surface area (Å²) in [5.74, 6) is -0.0193. The fourth-order valence-corrected chi connectivity index (χ4v) is 4.76. The Morgan fingerprint density at radius 1 is 1.39 bits per heavy atom. The molecule has 1 aliphatic rings. The predicted octanol–water partition coefficient (Wildman–Crippen LogP) is 4.07. The number of hydrogen-bond acceptors (Lipinski definition) is 6. The average Bonchev–Trinajstić information content (AvgIpc) is 3.00. The lowest BCUT2D eigenvalue weighted by molar-refractivity contribution is -0.149. The number of carbonyl (C=O) groups is 2. The first-order valence-corrected chi connectivity index (χ1v) is 10.5. The zero-order valence-electron chi connectivity index (χ0n) is 15.3. The monoisotopic (exact) mass is 462 g/mol. The Morgan fingerprint density at radius 3 is 2.96 bits per heavy atom. The van der Waals surface area contributed by atoms with E-state index in [0.717, 1.165) is 34.2 Å². The number of halogens is 1. The van der Waals surface area contributed by atoms with E-state index in [9.17, 15) is 14.9 Å². The molecule has 146 valence electrons. The maximum atomic E-state index is 12.1. The Balaban J connectivity index is 1.51. The molecule has 0 fully saturated rings. The van der Waals surface area contributed by atoms with Crippen LogP contribution in [0, 0.1) is 17.2 Å². The van der Waals surface area contributed by atoms with Gasteiger partial charge in [-0.3, -0.25) is 4.79 Å². The molecule has 1 amide bonds. The van der Waals surface area contributed by atoms with E-state index in [1.807, 2.05) is 6.07 Å². The van der Waals surface area contributed by atoms with Gasteiger partial charge in [-0.15, -0.1) is 11.3 Å². The van der Waals surface area contributed by atoms with Gasteiger partial charge in [0.25, 0.3) is 5.91 Å². The van der Waals surface area contributed by atoms with Crippen molar-refractivity contribution in [3.63, 3.8) is 0 Å². The Kier molecular flexibility index (Phi) is 6.70. The normalized spacial score (nSPS) is 15.2. The Morgan fingerprint density at radius 2 is 2.21 bits per heavy atom. The average molecular weight is 463 g/mol. The van der Waals surface area contributed by atoms with Gasteiger partial charge in [-0.1, -0.05) is 28.9 Å². The number of hydrogen-bond donors (Lipinski definition) is 1. The van der Waals surface area contributed by atoms with Crippen LogP contribution in [0.2, 0.25) is 0 Å². The minimum absolute atomic E-state index is 0.293. The summed E-state index contributed by atoms with van der Waals surface area (Å²) in [5, 5.41) is 12.7. The molecule has 8 heteroatoms. The fraction of sp³-hybridized carbons (Fsp3) is 0.350. The van der Waals surface area contributed by atoms with Gasteiger partial charge < -0.3 is 14.8 Å². The minimum atomic E-state index is -0.644. The molecule has 28 heavy (non-hydrogen) atoms. The number of rotatable bonds is 6. The maximum absolute atomic E-state index is 12.1. The van der Waals surface area contributed by atoms with Crippen molar-refractivity contribution in [3.8, 4) is 11.8 Å². The molecular formula is C20H19BrN2O4S. The van der Waals surface area contributed by atoms with Gasteiger partial charge in [0, 0.05) is 9.35 Å². The Hall–Kier alpha value is -2.37. The van der Waals surface area contributed by atoms with Crippen molar-refractivity contribution < 1.29 is 19.1 Å². The highest BCUT2D eigenvalue weighted by molar-refractivity contribution is 9.10. The smallest absolute Gasteiger partial charge is 0.344 e. The van der Waals surface area contributed by atoms with E-state index in [-0.39, 0.29) is 6.61 Å². The third-order valence-electron chi connectivity index (χ3n) is 4.39. The van der Waals surface area contributed by atoms with Crippen LogP contribution in [-0.4, -0.2) is 25.1 Å². The highest BCUT2D eigenvalue weighted by Crippen LogP contribution is 2.39. The molecule has 1 aliphatic carbocycles. The van der Waals surface area contributed by atoms with E-state index in [1.54, 1.807) is 18.2 Å². The number of benzene rings is 1. The number of esters is 1. The van der Waals surface area contributed by atoms with E-state index in [2.05, 4.69) is 34.2 Å². The lowest BCUT2D eigenvalue weighted by Crippen LogP contribution is -2.23. The molecule has 0 radical (unpaired) electrons. The fourth-order valence-electron chi connectivity index (χ4n) is 3.01. The molecule has 0 spiro atoms. The molecule has 2 aromatic rings. The molecule has 0 bridgehead atoms. The van der Waals surface area contributed by atoms with Gasteiger partial charge in [-0.05, 0) is 48.9 Å². The second-order valence-corrected chi connectivity index (χ2v) is 8.64. The van der Waals surface area contributed by atoms with Crippen LogP contribution in [0.3, 0.4) is 0 Å². The zero-order chi connectivity index (χ0) is 20.1. The van der Waals surface area contributed by atoms with Crippen LogP contribution < -0.4 is 10.1 Å². The van der Waals surface area contributed by atoms with Crippen LogP contribution in [0.15, 0.2) is 28.7 Å². The molecule has 0 saturated carbocycles. The van der Waals surface area contributed by atoms with E-state index >= 15 is 0 Å². The summed E-state index contributed by atoms with van der Waals surface area (Å²) in [6.07, 6.45) is 2.82. The predicted molar refractivity (Wildman–Crippen MR) is 109 cm³/mol. The number of ether oxygens (including phenoxy) is 2. The third kappa shape index (κ3) is 5.12. The van der Waals surface area contributed by atoms with Crippen LogP contribution in [-0.2, 0) is 27.2 Å². The number of nitriles is 1. The highest BCUT2D eigenvalue weighted by atomic mass is 79.9. The van der Waals surface area contributed by atoms with Crippen molar-refractivity contribution in [3.05, 3.63) is 44.7 Å². The number of nitrogens with zero attached hydrogens (tertiary/aromatic N) is 1. The molecule has 1 unspecified atom stereocenters. The van der Waals surface area contributed by atoms with Gasteiger partial charge in [0.05, 0.1) is 5.56 Å². The standard InChI is InChI=1S/C20H19BrN2O4S/c1-12-5-6-15-16(9-22)20(28-17(15)7-12)23-18(24)10-27-19(25)11-26-14-4-2-3-13(21)8-14/h2-4,8,12H,5-7,10-11H2,1H3,(H,23,24). The molecule has 0 aliphatic heterocycles. The van der Waals surface area contributed by atoms with Gasteiger partial charge in [-0.25, -0.2) is 4.79 Å². The van der Waals surface area contributed by atoms with Gasteiger partial charge >= 0.3 is 5.97 Å². The van der Waals surface area contributed by atoms with Gasteiger partial charge in [-0.2, -0.15) is 5.26 Å². The van der Waals surface area contributed by atoms with Crippen LogP contribution in [0.4, 0.5) is 5.00 Å². The summed E-state index contributed by atoms with van der Waals surface area (Å²) < 4.78 is 11.1. The number of carbonyl (C=O) groups excluding carboxylic acids is 2. The molecule has 1 heterocycles. The molecule has 1 N–H and O–H groups in total. The first kappa shape index (κ1) is 20.4. The second-order valence-electron chi connectivity index (χ2n) is 6.62.